The van der Waals surface area contributed by atoms with Crippen LogP contribution in [0.1, 0.15) is 50.2 Å². The number of anilines is 2. The van der Waals surface area contributed by atoms with E-state index in [-0.39, 0.29) is 5.92 Å². The number of rotatable bonds is 10. The summed E-state index contributed by atoms with van der Waals surface area (Å²) < 4.78 is 0. The summed E-state index contributed by atoms with van der Waals surface area (Å²) in [6.45, 7) is 4.50. The number of unbranched alkanes of at least 4 members (excludes halogenated alkanes) is 1. The zero-order valence-corrected chi connectivity index (χ0v) is 32.8. The molecule has 0 bridgehead atoms. The van der Waals surface area contributed by atoms with Gasteiger partial charge in [0.05, 0.1) is 0 Å². The third-order valence-corrected chi connectivity index (χ3v) is 11.5. The number of benzene rings is 8. The van der Waals surface area contributed by atoms with Crippen LogP contribution < -0.4 is 4.90 Å². The van der Waals surface area contributed by atoms with Crippen molar-refractivity contribution in [2.24, 2.45) is 0 Å². The fourth-order valence-electron chi connectivity index (χ4n) is 8.51. The minimum absolute atomic E-state index is 0.262. The Kier molecular flexibility index (Phi) is 10.2. The molecule has 0 aliphatic heterocycles. The lowest BCUT2D eigenvalue weighted by molar-refractivity contribution is 0.845. The van der Waals surface area contributed by atoms with Crippen molar-refractivity contribution < 1.29 is 0 Å². The molecule has 0 amide bonds. The standard InChI is InChI=1S/C56H47N/c1-3-4-15-40(2)56-39-46(32-37-55(56)42-16-6-5-7-17-42)41-28-33-48(34-29-41)57(49-35-30-45(31-36-49)53-26-13-20-43-18-8-10-24-51(43)53)50-23-12-22-47(38-50)54-27-14-21-44-19-9-11-25-52(44)54/h5-21,23-39,47H,3-4,22H2,1-2H3/b40-15+. The second kappa shape index (κ2) is 16.2. The van der Waals surface area contributed by atoms with Crippen LogP contribution in [0.5, 0.6) is 0 Å². The zero-order chi connectivity index (χ0) is 38.6. The summed E-state index contributed by atoms with van der Waals surface area (Å²) in [4.78, 5) is 2.42. The number of nitrogens with zero attached hydrogens (tertiary/aromatic N) is 1. The highest BCUT2D eigenvalue weighted by atomic mass is 15.1. The van der Waals surface area contributed by atoms with Gasteiger partial charge in [-0.15, -0.1) is 0 Å². The maximum absolute atomic E-state index is 2.47. The van der Waals surface area contributed by atoms with Gasteiger partial charge in [0.2, 0.25) is 0 Å². The molecule has 9 rings (SSSR count). The Morgan fingerprint density at radius 3 is 1.89 bits per heavy atom. The summed E-state index contributed by atoms with van der Waals surface area (Å²) in [5.41, 5.74) is 14.8. The number of allylic oxidation sites excluding steroid dienone is 5. The van der Waals surface area contributed by atoms with Gasteiger partial charge >= 0.3 is 0 Å². The summed E-state index contributed by atoms with van der Waals surface area (Å²) >= 11 is 0. The van der Waals surface area contributed by atoms with Gasteiger partial charge in [0.1, 0.15) is 0 Å². The molecular formula is C56H47N. The number of hydrogen-bond donors (Lipinski definition) is 0. The van der Waals surface area contributed by atoms with Crippen LogP contribution in [-0.2, 0) is 0 Å². The minimum atomic E-state index is 0.262. The van der Waals surface area contributed by atoms with Gasteiger partial charge in [-0.2, -0.15) is 0 Å². The number of hydrogen-bond acceptors (Lipinski definition) is 1. The molecule has 0 aromatic heterocycles. The average Bonchev–Trinajstić information content (AvgIpc) is 3.28. The third-order valence-electron chi connectivity index (χ3n) is 11.5. The van der Waals surface area contributed by atoms with Gasteiger partial charge < -0.3 is 4.90 Å². The smallest absolute Gasteiger partial charge is 0.0461 e. The summed E-state index contributed by atoms with van der Waals surface area (Å²) in [6, 6.07) is 66.7. The lowest BCUT2D eigenvalue weighted by Gasteiger charge is -2.30. The van der Waals surface area contributed by atoms with E-state index in [1.165, 1.54) is 77.3 Å². The largest absolute Gasteiger partial charge is 0.311 e. The Labute approximate surface area is 337 Å². The van der Waals surface area contributed by atoms with Gasteiger partial charge in [-0.3, -0.25) is 0 Å². The molecule has 8 aromatic rings. The highest BCUT2D eigenvalue weighted by Gasteiger charge is 2.21. The van der Waals surface area contributed by atoms with Crippen LogP contribution in [0.25, 0.3) is 60.5 Å². The van der Waals surface area contributed by atoms with Gasteiger partial charge in [0, 0.05) is 23.0 Å². The molecule has 0 N–H and O–H groups in total. The van der Waals surface area contributed by atoms with E-state index in [4.69, 9.17) is 0 Å². The average molecular weight is 734 g/mol. The van der Waals surface area contributed by atoms with Gasteiger partial charge in [0.15, 0.2) is 0 Å². The molecule has 57 heavy (non-hydrogen) atoms. The van der Waals surface area contributed by atoms with Crippen molar-refractivity contribution in [3.63, 3.8) is 0 Å². The minimum Gasteiger partial charge on any atom is -0.311 e. The van der Waals surface area contributed by atoms with Gasteiger partial charge in [0.25, 0.3) is 0 Å². The molecule has 8 aromatic carbocycles. The quantitative estimate of drug-likeness (QED) is 0.135. The third kappa shape index (κ3) is 7.37. The molecule has 0 fully saturated rings. The van der Waals surface area contributed by atoms with Crippen LogP contribution in [0.2, 0.25) is 0 Å². The first-order valence-electron chi connectivity index (χ1n) is 20.4. The second-order valence-electron chi connectivity index (χ2n) is 15.2. The number of fused-ring (bicyclic) bond motifs is 2. The van der Waals surface area contributed by atoms with Crippen molar-refractivity contribution in [1.82, 2.24) is 0 Å². The Hall–Kier alpha value is -6.70. The van der Waals surface area contributed by atoms with Crippen LogP contribution in [0.3, 0.4) is 0 Å². The monoisotopic (exact) mass is 733 g/mol. The molecule has 1 nitrogen and oxygen atoms in total. The van der Waals surface area contributed by atoms with E-state index in [0.717, 1.165) is 30.6 Å². The lowest BCUT2D eigenvalue weighted by atomic mass is 9.87. The first-order valence-corrected chi connectivity index (χ1v) is 20.4. The lowest BCUT2D eigenvalue weighted by Crippen LogP contribution is -2.17. The molecular weight excluding hydrogens is 687 g/mol. The summed E-state index contributed by atoms with van der Waals surface area (Å²) in [5.74, 6) is 0.262. The Balaban J connectivity index is 1.12. The van der Waals surface area contributed by atoms with Gasteiger partial charge in [-0.25, -0.2) is 0 Å². The maximum atomic E-state index is 2.47. The zero-order valence-electron chi connectivity index (χ0n) is 32.8. The van der Waals surface area contributed by atoms with Crippen LogP contribution >= 0.6 is 0 Å². The van der Waals surface area contributed by atoms with Crippen LogP contribution in [0.4, 0.5) is 11.4 Å². The van der Waals surface area contributed by atoms with Crippen molar-refractivity contribution in [2.75, 3.05) is 4.90 Å². The van der Waals surface area contributed by atoms with E-state index in [2.05, 4.69) is 225 Å². The van der Waals surface area contributed by atoms with Crippen molar-refractivity contribution in [1.29, 1.82) is 0 Å². The molecule has 0 saturated heterocycles. The van der Waals surface area contributed by atoms with Gasteiger partial charge in [-0.1, -0.05) is 183 Å². The Morgan fingerprint density at radius 1 is 0.561 bits per heavy atom. The van der Waals surface area contributed by atoms with E-state index in [1.54, 1.807) is 0 Å². The summed E-state index contributed by atoms with van der Waals surface area (Å²) in [5, 5.41) is 5.13. The highest BCUT2D eigenvalue weighted by molar-refractivity contribution is 5.97. The topological polar surface area (TPSA) is 3.24 Å². The van der Waals surface area contributed by atoms with E-state index in [1.807, 2.05) is 0 Å². The Morgan fingerprint density at radius 2 is 1.16 bits per heavy atom. The molecule has 0 saturated carbocycles. The van der Waals surface area contributed by atoms with Gasteiger partial charge in [-0.05, 0) is 128 Å². The predicted octanol–water partition coefficient (Wildman–Crippen LogP) is 16.0. The SMILES string of the molecule is CCC/C=C(\C)c1cc(-c2ccc(N(C3=CC(c4cccc5ccccc45)CC=C3)c3ccc(-c4cccc5ccccc45)cc3)cc2)ccc1-c1ccccc1. The molecule has 0 radical (unpaired) electrons. The second-order valence-corrected chi connectivity index (χ2v) is 15.2. The van der Waals surface area contributed by atoms with Crippen LogP contribution in [0.15, 0.2) is 212 Å². The molecule has 1 atom stereocenters. The maximum Gasteiger partial charge on any atom is 0.0461 e. The van der Waals surface area contributed by atoms with E-state index in [9.17, 15) is 0 Å². The van der Waals surface area contributed by atoms with E-state index >= 15 is 0 Å². The molecule has 1 heteroatoms. The Bertz CT molecular complexity index is 2760. The van der Waals surface area contributed by atoms with Crippen molar-refractivity contribution in [3.05, 3.63) is 223 Å². The highest BCUT2D eigenvalue weighted by Crippen LogP contribution is 2.40. The molecule has 1 aliphatic carbocycles. The van der Waals surface area contributed by atoms with Crippen LogP contribution in [-0.4, -0.2) is 0 Å². The van der Waals surface area contributed by atoms with Crippen molar-refractivity contribution in [2.45, 2.75) is 39.0 Å². The first kappa shape index (κ1) is 36.0. The van der Waals surface area contributed by atoms with Crippen molar-refractivity contribution >= 4 is 38.5 Å². The predicted molar refractivity (Wildman–Crippen MR) is 246 cm³/mol. The molecule has 276 valence electrons. The summed E-state index contributed by atoms with van der Waals surface area (Å²) in [6.07, 6.45) is 12.7. The summed E-state index contributed by atoms with van der Waals surface area (Å²) in [7, 11) is 0. The van der Waals surface area contributed by atoms with E-state index < -0.39 is 0 Å². The molecule has 1 aliphatic rings. The fraction of sp³-hybridized carbons (Fsp3) is 0.107. The van der Waals surface area contributed by atoms with Crippen molar-refractivity contribution in [3.8, 4) is 33.4 Å². The molecule has 0 heterocycles. The van der Waals surface area contributed by atoms with E-state index in [0.29, 0.717) is 0 Å². The van der Waals surface area contributed by atoms with Crippen LogP contribution in [0, 0.1) is 0 Å². The fourth-order valence-corrected chi connectivity index (χ4v) is 8.51. The first-order chi connectivity index (χ1) is 28.1. The molecule has 1 unspecified atom stereocenters. The molecule has 0 spiro atoms. The normalized spacial score (nSPS) is 14.2.